The molecule has 0 aromatic heterocycles. The Bertz CT molecular complexity index is 701. The quantitative estimate of drug-likeness (QED) is 0.900. The Hall–Kier alpha value is -2.30. The zero-order valence-electron chi connectivity index (χ0n) is 14.2. The number of carbonyl (C=O) groups is 3. The molecule has 1 amide bonds. The van der Waals surface area contributed by atoms with Crippen molar-refractivity contribution in [1.82, 2.24) is 5.32 Å². The Morgan fingerprint density at radius 3 is 2.42 bits per heavy atom. The van der Waals surface area contributed by atoms with Crippen LogP contribution >= 0.6 is 0 Å². The van der Waals surface area contributed by atoms with Crippen LogP contribution in [0.15, 0.2) is 35.9 Å². The zero-order chi connectivity index (χ0) is 17.9. The highest BCUT2D eigenvalue weighted by molar-refractivity contribution is 6.24. The average molecular weight is 331 g/mol. The number of amides is 1. The third kappa shape index (κ3) is 4.16. The third-order valence-corrected chi connectivity index (χ3v) is 3.90. The number of Topliss-reactive ketones (excluding diaryl/α,β-unsaturated/α-hetero) is 1. The van der Waals surface area contributed by atoms with E-state index in [4.69, 9.17) is 0 Å². The number of alkyl halides is 1. The van der Waals surface area contributed by atoms with Crippen LogP contribution in [-0.2, 0) is 4.79 Å². The number of carbonyl (C=O) groups excluding carboxylic acids is 3. The molecular formula is C19H22FNO3. The van der Waals surface area contributed by atoms with Gasteiger partial charge in [-0.25, -0.2) is 4.39 Å². The molecule has 128 valence electrons. The van der Waals surface area contributed by atoms with Crippen molar-refractivity contribution in [1.29, 1.82) is 0 Å². The Labute approximate surface area is 141 Å². The fraction of sp³-hybridized carbons (Fsp3) is 0.421. The SMILES string of the molecule is CC(C)(C)C(=O)NCCC(F)CC1=CC(=O)c2ccccc2C1=O. The lowest BCUT2D eigenvalue weighted by Crippen LogP contribution is -2.36. The largest absolute Gasteiger partial charge is 0.356 e. The normalized spacial score (nSPS) is 15.6. The summed E-state index contributed by atoms with van der Waals surface area (Å²) < 4.78 is 14.2. The predicted molar refractivity (Wildman–Crippen MR) is 89.8 cm³/mol. The fourth-order valence-electron chi connectivity index (χ4n) is 2.47. The molecule has 1 aromatic carbocycles. The van der Waals surface area contributed by atoms with E-state index < -0.39 is 11.6 Å². The second kappa shape index (κ2) is 7.07. The van der Waals surface area contributed by atoms with Gasteiger partial charge in [-0.2, -0.15) is 0 Å². The maximum absolute atomic E-state index is 14.2. The predicted octanol–water partition coefficient (Wildman–Crippen LogP) is 3.27. The van der Waals surface area contributed by atoms with Crippen molar-refractivity contribution in [3.8, 4) is 0 Å². The third-order valence-electron chi connectivity index (χ3n) is 3.90. The first kappa shape index (κ1) is 18.0. The number of benzene rings is 1. The molecule has 1 aliphatic rings. The van der Waals surface area contributed by atoms with E-state index in [1.807, 2.05) is 0 Å². The Kier molecular flexibility index (Phi) is 5.32. The van der Waals surface area contributed by atoms with Gasteiger partial charge in [0.15, 0.2) is 11.6 Å². The minimum atomic E-state index is -1.29. The summed E-state index contributed by atoms with van der Waals surface area (Å²) in [5.74, 6) is -0.716. The van der Waals surface area contributed by atoms with Gasteiger partial charge in [-0.1, -0.05) is 45.0 Å². The number of allylic oxidation sites excluding steroid dienone is 2. The minimum absolute atomic E-state index is 0.0995. The van der Waals surface area contributed by atoms with Gasteiger partial charge in [0.05, 0.1) is 0 Å². The number of ketones is 2. The fourth-order valence-corrected chi connectivity index (χ4v) is 2.47. The molecule has 1 unspecified atom stereocenters. The van der Waals surface area contributed by atoms with Crippen molar-refractivity contribution in [3.63, 3.8) is 0 Å². The smallest absolute Gasteiger partial charge is 0.225 e. The average Bonchev–Trinajstić information content (AvgIpc) is 2.51. The lowest BCUT2D eigenvalue weighted by Gasteiger charge is -2.19. The van der Waals surface area contributed by atoms with Gasteiger partial charge in [0.1, 0.15) is 6.17 Å². The van der Waals surface area contributed by atoms with Gasteiger partial charge < -0.3 is 5.32 Å². The molecule has 4 nitrogen and oxygen atoms in total. The van der Waals surface area contributed by atoms with Crippen LogP contribution in [-0.4, -0.2) is 30.2 Å². The summed E-state index contributed by atoms with van der Waals surface area (Å²) in [4.78, 5) is 36.1. The first-order chi connectivity index (χ1) is 11.2. The van der Waals surface area contributed by atoms with Crippen LogP contribution in [0.25, 0.3) is 0 Å². The van der Waals surface area contributed by atoms with Crippen LogP contribution in [0.5, 0.6) is 0 Å². The molecular weight excluding hydrogens is 309 g/mol. The number of halogens is 1. The van der Waals surface area contributed by atoms with Gasteiger partial charge >= 0.3 is 0 Å². The van der Waals surface area contributed by atoms with E-state index in [9.17, 15) is 18.8 Å². The highest BCUT2D eigenvalue weighted by Gasteiger charge is 2.27. The van der Waals surface area contributed by atoms with Crippen molar-refractivity contribution < 1.29 is 18.8 Å². The van der Waals surface area contributed by atoms with E-state index in [1.165, 1.54) is 6.08 Å². The van der Waals surface area contributed by atoms with Crippen molar-refractivity contribution in [2.24, 2.45) is 5.41 Å². The molecule has 0 bridgehead atoms. The second-order valence-corrected chi connectivity index (χ2v) is 7.00. The molecule has 5 heteroatoms. The summed E-state index contributed by atoms with van der Waals surface area (Å²) in [6, 6.07) is 6.55. The molecule has 2 rings (SSSR count). The van der Waals surface area contributed by atoms with E-state index in [1.54, 1.807) is 45.0 Å². The molecule has 1 aliphatic carbocycles. The van der Waals surface area contributed by atoms with Gasteiger partial charge in [-0.15, -0.1) is 0 Å². The van der Waals surface area contributed by atoms with Crippen LogP contribution in [0.1, 0.15) is 54.3 Å². The van der Waals surface area contributed by atoms with Gasteiger partial charge in [0.2, 0.25) is 5.91 Å². The maximum atomic E-state index is 14.2. The number of nitrogens with one attached hydrogen (secondary N) is 1. The summed E-state index contributed by atoms with van der Waals surface area (Å²) in [5, 5.41) is 2.68. The number of fused-ring (bicyclic) bond motifs is 1. The molecule has 0 radical (unpaired) electrons. The standard InChI is InChI=1S/C19H22FNO3/c1-19(2,3)18(24)21-9-8-13(20)10-12-11-16(22)14-6-4-5-7-15(14)17(12)23/h4-7,11,13H,8-10H2,1-3H3,(H,21,24). The lowest BCUT2D eigenvalue weighted by molar-refractivity contribution is -0.128. The van der Waals surface area contributed by atoms with Crippen LogP contribution in [0.3, 0.4) is 0 Å². The second-order valence-electron chi connectivity index (χ2n) is 7.00. The molecule has 24 heavy (non-hydrogen) atoms. The van der Waals surface area contributed by atoms with Crippen molar-refractivity contribution >= 4 is 17.5 Å². The van der Waals surface area contributed by atoms with Gasteiger partial charge in [0, 0.05) is 35.1 Å². The van der Waals surface area contributed by atoms with Crippen LogP contribution in [0.4, 0.5) is 4.39 Å². The summed E-state index contributed by atoms with van der Waals surface area (Å²) in [6.07, 6.45) is -0.0871. The molecule has 0 aliphatic heterocycles. The van der Waals surface area contributed by atoms with Crippen molar-refractivity contribution in [2.45, 2.75) is 39.8 Å². The van der Waals surface area contributed by atoms with Gasteiger partial charge in [-0.05, 0) is 12.5 Å². The molecule has 0 heterocycles. The first-order valence-corrected chi connectivity index (χ1v) is 8.01. The van der Waals surface area contributed by atoms with Crippen molar-refractivity contribution in [3.05, 3.63) is 47.0 Å². The Morgan fingerprint density at radius 1 is 1.17 bits per heavy atom. The molecule has 0 saturated heterocycles. The number of rotatable bonds is 5. The molecule has 0 saturated carbocycles. The van der Waals surface area contributed by atoms with E-state index in [0.29, 0.717) is 11.1 Å². The monoisotopic (exact) mass is 331 g/mol. The molecule has 0 spiro atoms. The Morgan fingerprint density at radius 2 is 1.79 bits per heavy atom. The maximum Gasteiger partial charge on any atom is 0.225 e. The summed E-state index contributed by atoms with van der Waals surface area (Å²) in [7, 11) is 0. The highest BCUT2D eigenvalue weighted by atomic mass is 19.1. The molecule has 0 fully saturated rings. The minimum Gasteiger partial charge on any atom is -0.356 e. The lowest BCUT2D eigenvalue weighted by atomic mass is 9.87. The Balaban J connectivity index is 1.93. The van der Waals surface area contributed by atoms with Gasteiger partial charge in [-0.3, -0.25) is 14.4 Å². The zero-order valence-corrected chi connectivity index (χ0v) is 14.2. The molecule has 1 N–H and O–H groups in total. The van der Waals surface area contributed by atoms with E-state index >= 15 is 0 Å². The van der Waals surface area contributed by atoms with Crippen LogP contribution in [0.2, 0.25) is 0 Å². The first-order valence-electron chi connectivity index (χ1n) is 8.01. The summed E-state index contributed by atoms with van der Waals surface area (Å²) in [5.41, 5.74) is 0.352. The van der Waals surface area contributed by atoms with Crippen LogP contribution < -0.4 is 5.32 Å². The van der Waals surface area contributed by atoms with E-state index in [2.05, 4.69) is 5.32 Å². The van der Waals surface area contributed by atoms with Gasteiger partial charge in [0.25, 0.3) is 0 Å². The highest BCUT2D eigenvalue weighted by Crippen LogP contribution is 2.25. The van der Waals surface area contributed by atoms with Crippen LogP contribution in [0, 0.1) is 5.41 Å². The van der Waals surface area contributed by atoms with E-state index in [0.717, 1.165) is 0 Å². The van der Waals surface area contributed by atoms with Crippen molar-refractivity contribution in [2.75, 3.05) is 6.54 Å². The molecule has 1 atom stereocenters. The van der Waals surface area contributed by atoms with E-state index in [-0.39, 0.29) is 42.4 Å². The summed E-state index contributed by atoms with van der Waals surface area (Å²) in [6.45, 7) is 5.54. The summed E-state index contributed by atoms with van der Waals surface area (Å²) >= 11 is 0. The number of hydrogen-bond acceptors (Lipinski definition) is 3. The molecule has 1 aromatic rings. The topological polar surface area (TPSA) is 63.2 Å². The number of hydrogen-bond donors (Lipinski definition) is 1.